The van der Waals surface area contributed by atoms with Crippen molar-refractivity contribution < 1.29 is 0 Å². The van der Waals surface area contributed by atoms with E-state index >= 15 is 0 Å². The second kappa shape index (κ2) is 3.21. The van der Waals surface area contributed by atoms with Gasteiger partial charge in [0.15, 0.2) is 0 Å². The first-order valence-electron chi connectivity index (χ1n) is 4.65. The number of nitrogens with zero attached hydrogens (tertiary/aromatic N) is 2. The topological polar surface area (TPSA) is 15.6 Å². The van der Waals surface area contributed by atoms with Gasteiger partial charge in [0.1, 0.15) is 5.84 Å². The molecule has 0 aromatic heterocycles. The number of allylic oxidation sites excluding steroid dienone is 2. The Bertz CT molecular complexity index is 319. The number of aliphatic imine (C=N–C) groups is 1. The lowest BCUT2D eigenvalue weighted by molar-refractivity contribution is 0.551. The Morgan fingerprint density at radius 3 is 3.00 bits per heavy atom. The Labute approximate surface area is 79.0 Å². The summed E-state index contributed by atoms with van der Waals surface area (Å²) in [5, 5.41) is 0. The maximum atomic E-state index is 4.40. The predicted molar refractivity (Wildman–Crippen MR) is 55.3 cm³/mol. The average molecular weight is 174 g/mol. The van der Waals surface area contributed by atoms with Gasteiger partial charge >= 0.3 is 0 Å². The van der Waals surface area contributed by atoms with Crippen molar-refractivity contribution in [3.63, 3.8) is 0 Å². The van der Waals surface area contributed by atoms with Crippen LogP contribution in [0.3, 0.4) is 0 Å². The van der Waals surface area contributed by atoms with Crippen LogP contribution in [0.2, 0.25) is 0 Å². The first-order valence-corrected chi connectivity index (χ1v) is 4.65. The molecule has 0 N–H and O–H groups in total. The third kappa shape index (κ3) is 1.57. The zero-order valence-corrected chi connectivity index (χ0v) is 8.07. The van der Waals surface area contributed by atoms with Crippen molar-refractivity contribution in [2.75, 3.05) is 6.54 Å². The van der Waals surface area contributed by atoms with Crippen molar-refractivity contribution in [2.45, 2.75) is 13.8 Å². The van der Waals surface area contributed by atoms with E-state index in [1.54, 1.807) is 0 Å². The molecule has 2 nitrogen and oxygen atoms in total. The Hall–Kier alpha value is -1.31. The monoisotopic (exact) mass is 174 g/mol. The molecule has 0 aromatic rings. The van der Waals surface area contributed by atoms with Gasteiger partial charge in [-0.25, -0.2) is 4.99 Å². The van der Waals surface area contributed by atoms with Crippen molar-refractivity contribution in [2.24, 2.45) is 10.9 Å². The number of fused-ring (bicyclic) bond motifs is 1. The highest BCUT2D eigenvalue weighted by Gasteiger charge is 2.15. The van der Waals surface area contributed by atoms with Crippen LogP contribution in [0.4, 0.5) is 0 Å². The Morgan fingerprint density at radius 2 is 2.23 bits per heavy atom. The lowest BCUT2D eigenvalue weighted by atomic mass is 10.0. The van der Waals surface area contributed by atoms with E-state index in [-0.39, 0.29) is 0 Å². The first kappa shape index (κ1) is 8.30. The summed E-state index contributed by atoms with van der Waals surface area (Å²) in [6.07, 6.45) is 10.2. The molecule has 0 atom stereocenters. The smallest absolute Gasteiger partial charge is 0.132 e. The average Bonchev–Trinajstić information content (AvgIpc) is 2.17. The van der Waals surface area contributed by atoms with E-state index in [2.05, 4.69) is 29.9 Å². The maximum Gasteiger partial charge on any atom is 0.132 e. The van der Waals surface area contributed by atoms with Crippen molar-refractivity contribution in [3.05, 3.63) is 36.2 Å². The molecular weight excluding hydrogens is 160 g/mol. The standard InChI is InChI=1S/C11H14N2/c1-9(2)10-7-12-11-5-3-4-6-13(11)8-10/h3-7,9H,8H2,1-2H3. The molecule has 0 radical (unpaired) electrons. The molecule has 0 aliphatic carbocycles. The molecule has 2 heterocycles. The molecule has 0 aromatic carbocycles. The van der Waals surface area contributed by atoms with Crippen molar-refractivity contribution in [3.8, 4) is 0 Å². The molecule has 2 aliphatic heterocycles. The van der Waals surface area contributed by atoms with Gasteiger partial charge < -0.3 is 4.90 Å². The quantitative estimate of drug-likeness (QED) is 0.595. The molecule has 0 unspecified atom stereocenters. The molecule has 2 aliphatic rings. The fraction of sp³-hybridized carbons (Fsp3) is 0.364. The van der Waals surface area contributed by atoms with Gasteiger partial charge in [-0.05, 0) is 23.6 Å². The number of amidine groups is 1. The van der Waals surface area contributed by atoms with Gasteiger partial charge in [0.25, 0.3) is 0 Å². The second-order valence-electron chi connectivity index (χ2n) is 3.67. The van der Waals surface area contributed by atoms with Gasteiger partial charge in [-0.3, -0.25) is 0 Å². The van der Waals surface area contributed by atoms with Gasteiger partial charge in [-0.2, -0.15) is 0 Å². The maximum absolute atomic E-state index is 4.40. The predicted octanol–water partition coefficient (Wildman–Crippen LogP) is 2.32. The van der Waals surface area contributed by atoms with Crippen LogP contribution in [0.1, 0.15) is 13.8 Å². The van der Waals surface area contributed by atoms with Crippen LogP contribution >= 0.6 is 0 Å². The van der Waals surface area contributed by atoms with Crippen LogP contribution in [-0.2, 0) is 0 Å². The highest BCUT2D eigenvalue weighted by molar-refractivity contribution is 5.96. The minimum Gasteiger partial charge on any atom is -0.329 e. The normalized spacial score (nSPS) is 20.1. The lowest BCUT2D eigenvalue weighted by Crippen LogP contribution is -2.31. The first-order chi connectivity index (χ1) is 6.27. The summed E-state index contributed by atoms with van der Waals surface area (Å²) in [6, 6.07) is 0. The molecule has 0 spiro atoms. The molecule has 68 valence electrons. The summed E-state index contributed by atoms with van der Waals surface area (Å²) < 4.78 is 0. The summed E-state index contributed by atoms with van der Waals surface area (Å²) >= 11 is 0. The highest BCUT2D eigenvalue weighted by Crippen LogP contribution is 2.18. The molecular formula is C11H14N2. The largest absolute Gasteiger partial charge is 0.329 e. The summed E-state index contributed by atoms with van der Waals surface area (Å²) in [6.45, 7) is 5.39. The summed E-state index contributed by atoms with van der Waals surface area (Å²) in [5.41, 5.74) is 1.39. The number of hydrogen-bond donors (Lipinski definition) is 0. The van der Waals surface area contributed by atoms with E-state index in [9.17, 15) is 0 Å². The van der Waals surface area contributed by atoms with E-state index in [1.807, 2.05) is 24.4 Å². The fourth-order valence-corrected chi connectivity index (χ4v) is 1.44. The third-order valence-corrected chi connectivity index (χ3v) is 2.37. The zero-order valence-electron chi connectivity index (χ0n) is 8.07. The zero-order chi connectivity index (χ0) is 9.26. The number of hydrogen-bond acceptors (Lipinski definition) is 2. The summed E-state index contributed by atoms with van der Waals surface area (Å²) in [4.78, 5) is 6.57. The van der Waals surface area contributed by atoms with Crippen LogP contribution in [-0.4, -0.2) is 17.3 Å². The van der Waals surface area contributed by atoms with Crippen LogP contribution in [0.25, 0.3) is 0 Å². The van der Waals surface area contributed by atoms with Gasteiger partial charge in [-0.15, -0.1) is 0 Å². The third-order valence-electron chi connectivity index (χ3n) is 2.37. The number of rotatable bonds is 1. The molecule has 0 bridgehead atoms. The van der Waals surface area contributed by atoms with Gasteiger partial charge in [-0.1, -0.05) is 19.9 Å². The molecule has 2 rings (SSSR count). The van der Waals surface area contributed by atoms with Crippen LogP contribution in [0.5, 0.6) is 0 Å². The Morgan fingerprint density at radius 1 is 1.38 bits per heavy atom. The lowest BCUT2D eigenvalue weighted by Gasteiger charge is -2.27. The van der Waals surface area contributed by atoms with E-state index in [0.29, 0.717) is 5.92 Å². The van der Waals surface area contributed by atoms with Gasteiger partial charge in [0.2, 0.25) is 0 Å². The Balaban J connectivity index is 2.24. The minimum atomic E-state index is 0.588. The molecule has 0 fully saturated rings. The SMILES string of the molecule is CC(C)C1=CN=C2C=CC=CN2C1. The van der Waals surface area contributed by atoms with Crippen LogP contribution in [0, 0.1) is 5.92 Å². The van der Waals surface area contributed by atoms with Crippen molar-refractivity contribution in [1.29, 1.82) is 0 Å². The van der Waals surface area contributed by atoms with Crippen LogP contribution < -0.4 is 0 Å². The second-order valence-corrected chi connectivity index (χ2v) is 3.67. The van der Waals surface area contributed by atoms with Crippen LogP contribution in [0.15, 0.2) is 41.2 Å². The Kier molecular flexibility index (Phi) is 2.05. The van der Waals surface area contributed by atoms with E-state index in [0.717, 1.165) is 12.4 Å². The fourth-order valence-electron chi connectivity index (χ4n) is 1.44. The van der Waals surface area contributed by atoms with Crippen molar-refractivity contribution >= 4 is 5.84 Å². The highest BCUT2D eigenvalue weighted by atomic mass is 15.2. The van der Waals surface area contributed by atoms with Gasteiger partial charge in [0.05, 0.1) is 0 Å². The van der Waals surface area contributed by atoms with E-state index in [4.69, 9.17) is 0 Å². The summed E-state index contributed by atoms with van der Waals surface area (Å²) in [5.74, 6) is 1.64. The van der Waals surface area contributed by atoms with Gasteiger partial charge in [0, 0.05) is 18.9 Å². The molecule has 0 saturated carbocycles. The molecule has 0 saturated heterocycles. The molecule has 2 heteroatoms. The summed E-state index contributed by atoms with van der Waals surface area (Å²) in [7, 11) is 0. The van der Waals surface area contributed by atoms with E-state index in [1.165, 1.54) is 5.57 Å². The van der Waals surface area contributed by atoms with Crippen molar-refractivity contribution in [1.82, 2.24) is 4.90 Å². The molecule has 0 amide bonds. The minimum absolute atomic E-state index is 0.588. The molecule has 13 heavy (non-hydrogen) atoms. The van der Waals surface area contributed by atoms with E-state index < -0.39 is 0 Å².